The number of halogens is 2. The number of nitrogens with one attached hydrogen (secondary N) is 1. The summed E-state index contributed by atoms with van der Waals surface area (Å²) in [6, 6.07) is 6.54. The summed E-state index contributed by atoms with van der Waals surface area (Å²) in [6.07, 6.45) is 2.32. The van der Waals surface area contributed by atoms with Crippen molar-refractivity contribution in [2.75, 3.05) is 19.6 Å². The monoisotopic (exact) mass is 394 g/mol. The van der Waals surface area contributed by atoms with Gasteiger partial charge in [0.15, 0.2) is 0 Å². The minimum Gasteiger partial charge on any atom is -0.338 e. The molecule has 1 unspecified atom stereocenters. The fraction of sp³-hybridized carbons (Fsp3) is 0.500. The van der Waals surface area contributed by atoms with Gasteiger partial charge in [-0.1, -0.05) is 6.92 Å². The van der Waals surface area contributed by atoms with E-state index in [9.17, 15) is 9.18 Å². The molecule has 148 valence electrons. The molecular formula is C20H28ClFN4O. The van der Waals surface area contributed by atoms with Crippen LogP contribution in [-0.2, 0) is 11.2 Å². The van der Waals surface area contributed by atoms with Gasteiger partial charge in [0.25, 0.3) is 0 Å². The van der Waals surface area contributed by atoms with E-state index in [2.05, 4.69) is 17.3 Å². The van der Waals surface area contributed by atoms with Crippen molar-refractivity contribution in [3.8, 4) is 5.69 Å². The van der Waals surface area contributed by atoms with E-state index in [0.717, 1.165) is 55.1 Å². The van der Waals surface area contributed by atoms with E-state index in [1.807, 2.05) is 18.7 Å². The van der Waals surface area contributed by atoms with Gasteiger partial charge in [-0.2, -0.15) is 5.10 Å². The smallest absolute Gasteiger partial charge is 0.227 e. The second-order valence-electron chi connectivity index (χ2n) is 6.95. The molecule has 0 saturated carbocycles. The first-order chi connectivity index (χ1) is 12.5. The molecular weight excluding hydrogens is 367 g/mol. The van der Waals surface area contributed by atoms with Gasteiger partial charge < -0.3 is 10.2 Å². The minimum absolute atomic E-state index is 0. The average Bonchev–Trinajstić information content (AvgIpc) is 3.24. The number of hydrogen-bond donors (Lipinski definition) is 1. The van der Waals surface area contributed by atoms with Crippen LogP contribution >= 0.6 is 12.4 Å². The minimum atomic E-state index is -0.272. The fourth-order valence-corrected chi connectivity index (χ4v) is 3.67. The number of nitrogens with zero attached hydrogens (tertiary/aromatic N) is 3. The molecule has 1 atom stereocenters. The highest BCUT2D eigenvalue weighted by molar-refractivity contribution is 5.85. The lowest BCUT2D eigenvalue weighted by atomic mass is 10.1. The maximum atomic E-state index is 13.2. The average molecular weight is 395 g/mol. The van der Waals surface area contributed by atoms with Crippen molar-refractivity contribution in [2.24, 2.45) is 0 Å². The van der Waals surface area contributed by atoms with Crippen LogP contribution < -0.4 is 5.32 Å². The first-order valence-corrected chi connectivity index (χ1v) is 9.32. The Morgan fingerprint density at radius 3 is 2.63 bits per heavy atom. The molecule has 1 amide bonds. The van der Waals surface area contributed by atoms with Gasteiger partial charge in [-0.25, -0.2) is 9.07 Å². The zero-order chi connectivity index (χ0) is 18.7. The number of carbonyl (C=O) groups excluding carboxylic acids is 1. The van der Waals surface area contributed by atoms with Gasteiger partial charge in [-0.15, -0.1) is 12.4 Å². The highest BCUT2D eigenvalue weighted by Gasteiger charge is 2.27. The molecule has 0 spiro atoms. The summed E-state index contributed by atoms with van der Waals surface area (Å²) >= 11 is 0. The van der Waals surface area contributed by atoms with Crippen LogP contribution in [0, 0.1) is 19.7 Å². The summed E-state index contributed by atoms with van der Waals surface area (Å²) in [4.78, 5) is 15.0. The number of amides is 1. The van der Waals surface area contributed by atoms with Crippen LogP contribution in [0.5, 0.6) is 0 Å². The van der Waals surface area contributed by atoms with E-state index in [1.54, 1.807) is 16.8 Å². The topological polar surface area (TPSA) is 50.2 Å². The number of hydrogen-bond acceptors (Lipinski definition) is 3. The molecule has 1 N–H and O–H groups in total. The van der Waals surface area contributed by atoms with E-state index >= 15 is 0 Å². The number of rotatable bonds is 6. The molecule has 2 aromatic rings. The van der Waals surface area contributed by atoms with Crippen molar-refractivity contribution < 1.29 is 9.18 Å². The van der Waals surface area contributed by atoms with E-state index in [-0.39, 0.29) is 30.2 Å². The Morgan fingerprint density at radius 2 is 2.04 bits per heavy atom. The van der Waals surface area contributed by atoms with Crippen LogP contribution in [-0.4, -0.2) is 46.3 Å². The van der Waals surface area contributed by atoms with E-state index in [1.165, 1.54) is 12.1 Å². The molecule has 0 bridgehead atoms. The lowest BCUT2D eigenvalue weighted by Crippen LogP contribution is -2.43. The summed E-state index contributed by atoms with van der Waals surface area (Å²) in [7, 11) is 0. The van der Waals surface area contributed by atoms with Gasteiger partial charge in [-0.3, -0.25) is 4.79 Å². The van der Waals surface area contributed by atoms with Gasteiger partial charge in [0.2, 0.25) is 5.91 Å². The largest absolute Gasteiger partial charge is 0.338 e. The molecule has 1 aliphatic rings. The van der Waals surface area contributed by atoms with Gasteiger partial charge in [0, 0.05) is 30.4 Å². The van der Waals surface area contributed by atoms with E-state index < -0.39 is 0 Å². The quantitative estimate of drug-likeness (QED) is 0.818. The van der Waals surface area contributed by atoms with Gasteiger partial charge in [-0.05, 0) is 57.5 Å². The van der Waals surface area contributed by atoms with Crippen LogP contribution in [0.3, 0.4) is 0 Å². The van der Waals surface area contributed by atoms with Gasteiger partial charge >= 0.3 is 0 Å². The highest BCUT2D eigenvalue weighted by atomic mass is 35.5. The normalized spacial score (nSPS) is 16.2. The van der Waals surface area contributed by atoms with Crippen LogP contribution in [0.25, 0.3) is 5.69 Å². The summed E-state index contributed by atoms with van der Waals surface area (Å²) in [5.41, 5.74) is 3.55. The molecule has 0 radical (unpaired) electrons. The fourth-order valence-electron chi connectivity index (χ4n) is 3.67. The van der Waals surface area contributed by atoms with Crippen LogP contribution in [0.15, 0.2) is 24.3 Å². The van der Waals surface area contributed by atoms with Crippen LogP contribution in [0.2, 0.25) is 0 Å². The van der Waals surface area contributed by atoms with Crippen molar-refractivity contribution in [1.82, 2.24) is 20.0 Å². The maximum Gasteiger partial charge on any atom is 0.227 e. The standard InChI is InChI=1S/C20H27FN4O.ClH/c1-4-11-24(18-9-10-22-13-18)20(26)12-19-14(2)23-25(15(19)3)17-7-5-16(21)6-8-17;/h5-8,18,22H,4,9-13H2,1-3H3;1H. The molecule has 1 fully saturated rings. The molecule has 5 nitrogen and oxygen atoms in total. The van der Waals surface area contributed by atoms with Crippen molar-refractivity contribution in [3.63, 3.8) is 0 Å². The molecule has 3 rings (SSSR count). The van der Waals surface area contributed by atoms with Crippen molar-refractivity contribution in [3.05, 3.63) is 47.0 Å². The number of carbonyl (C=O) groups is 1. The Balaban J connectivity index is 0.00000261. The highest BCUT2D eigenvalue weighted by Crippen LogP contribution is 2.20. The van der Waals surface area contributed by atoms with Crippen molar-refractivity contribution in [1.29, 1.82) is 0 Å². The number of benzene rings is 1. The first kappa shape index (κ1) is 21.4. The van der Waals surface area contributed by atoms with E-state index in [4.69, 9.17) is 0 Å². The molecule has 1 aromatic heterocycles. The SMILES string of the molecule is CCCN(C(=O)Cc1c(C)nn(-c2ccc(F)cc2)c1C)C1CCNC1.Cl. The van der Waals surface area contributed by atoms with Crippen molar-refractivity contribution in [2.45, 2.75) is 46.1 Å². The maximum absolute atomic E-state index is 13.2. The Kier molecular flexibility index (Phi) is 7.39. The predicted molar refractivity (Wildman–Crippen MR) is 107 cm³/mol. The summed E-state index contributed by atoms with van der Waals surface area (Å²) in [6.45, 7) is 8.63. The summed E-state index contributed by atoms with van der Waals surface area (Å²) in [5.74, 6) is -0.114. The lowest BCUT2D eigenvalue weighted by Gasteiger charge is -2.28. The molecule has 1 saturated heterocycles. The first-order valence-electron chi connectivity index (χ1n) is 9.32. The Hall–Kier alpha value is -1.92. The second kappa shape index (κ2) is 9.33. The van der Waals surface area contributed by atoms with Crippen molar-refractivity contribution >= 4 is 18.3 Å². The Morgan fingerprint density at radius 1 is 1.33 bits per heavy atom. The number of aromatic nitrogens is 2. The summed E-state index contributed by atoms with van der Waals surface area (Å²) < 4.78 is 15.0. The molecule has 0 aliphatic carbocycles. The van der Waals surface area contributed by atoms with E-state index in [0.29, 0.717) is 6.42 Å². The third-order valence-corrected chi connectivity index (χ3v) is 5.10. The van der Waals surface area contributed by atoms with Gasteiger partial charge in [0.1, 0.15) is 5.82 Å². The van der Waals surface area contributed by atoms with Crippen LogP contribution in [0.1, 0.15) is 36.7 Å². The molecule has 2 heterocycles. The molecule has 27 heavy (non-hydrogen) atoms. The molecule has 1 aliphatic heterocycles. The zero-order valence-corrected chi connectivity index (χ0v) is 17.0. The molecule has 1 aromatic carbocycles. The Bertz CT molecular complexity index is 769. The Labute approximate surface area is 166 Å². The second-order valence-corrected chi connectivity index (χ2v) is 6.95. The predicted octanol–water partition coefficient (Wildman–Crippen LogP) is 3.19. The third kappa shape index (κ3) is 4.68. The van der Waals surface area contributed by atoms with Crippen LogP contribution in [0.4, 0.5) is 4.39 Å². The summed E-state index contributed by atoms with van der Waals surface area (Å²) in [5, 5.41) is 7.92. The number of aryl methyl sites for hydroxylation is 1. The third-order valence-electron chi connectivity index (χ3n) is 5.10. The zero-order valence-electron chi connectivity index (χ0n) is 16.2. The lowest BCUT2D eigenvalue weighted by molar-refractivity contribution is -0.132. The van der Waals surface area contributed by atoms with Gasteiger partial charge in [0.05, 0.1) is 17.8 Å². The molecule has 7 heteroatoms.